The number of ether oxygens (including phenoxy) is 6. The summed E-state index contributed by atoms with van der Waals surface area (Å²) in [5.74, 6) is -4.52. The molecule has 5 aliphatic heterocycles. The first-order chi connectivity index (χ1) is 22.0. The summed E-state index contributed by atoms with van der Waals surface area (Å²) in [4.78, 5) is 11.8. The van der Waals surface area contributed by atoms with Crippen LogP contribution in [-0.2, 0) is 33.2 Å². The summed E-state index contributed by atoms with van der Waals surface area (Å²) < 4.78 is 39.4. The molecule has 47 heavy (non-hydrogen) atoms. The van der Waals surface area contributed by atoms with E-state index in [9.17, 15) is 25.2 Å². The third-order valence-corrected chi connectivity index (χ3v) is 13.0. The first-order valence-electron chi connectivity index (χ1n) is 18.1. The predicted octanol–water partition coefficient (Wildman–Crippen LogP) is 4.27. The number of rotatable bonds is 10. The van der Waals surface area contributed by atoms with Crippen molar-refractivity contribution in [3.63, 3.8) is 0 Å². The number of aliphatic hydroxyl groups excluding tert-OH is 2. The second kappa shape index (κ2) is 13.7. The van der Waals surface area contributed by atoms with Gasteiger partial charge < -0.3 is 48.8 Å². The van der Waals surface area contributed by atoms with Crippen LogP contribution in [0.5, 0.6) is 0 Å². The van der Waals surface area contributed by atoms with Crippen LogP contribution in [0.15, 0.2) is 0 Å². The average Bonchev–Trinajstić information content (AvgIpc) is 3.73. The molecule has 272 valence electrons. The number of hydrogen-bond donors (Lipinski definition) is 4. The summed E-state index contributed by atoms with van der Waals surface area (Å²) in [5, 5.41) is 41.9. The molecule has 0 aromatic heterocycles. The molecule has 0 bridgehead atoms. The molecule has 5 heterocycles. The smallest absolute Gasteiger partial charge is 0.308 e. The molecule has 5 rings (SSSR count). The number of carboxylic acid groups (broad SMARTS) is 1. The zero-order valence-corrected chi connectivity index (χ0v) is 30.0. The molecule has 17 atom stereocenters. The molecule has 0 aromatic carbocycles. The maximum atomic E-state index is 11.8. The van der Waals surface area contributed by atoms with Gasteiger partial charge in [0.2, 0.25) is 0 Å². The monoisotopic (exact) mass is 670 g/mol. The van der Waals surface area contributed by atoms with Crippen molar-refractivity contribution in [2.45, 2.75) is 172 Å². The summed E-state index contributed by atoms with van der Waals surface area (Å²) in [5.41, 5.74) is -1.15. The van der Waals surface area contributed by atoms with Gasteiger partial charge in [-0.05, 0) is 64.2 Å². The summed E-state index contributed by atoms with van der Waals surface area (Å²) in [6.45, 7) is 15.6. The van der Waals surface area contributed by atoms with E-state index in [4.69, 9.17) is 28.4 Å². The Morgan fingerprint density at radius 1 is 1.02 bits per heavy atom. The van der Waals surface area contributed by atoms with Crippen LogP contribution in [0.2, 0.25) is 0 Å². The van der Waals surface area contributed by atoms with Gasteiger partial charge >= 0.3 is 5.97 Å². The largest absolute Gasteiger partial charge is 0.481 e. The lowest BCUT2D eigenvalue weighted by molar-refractivity contribution is -0.338. The Kier molecular flexibility index (Phi) is 10.9. The lowest BCUT2D eigenvalue weighted by Gasteiger charge is -2.49. The van der Waals surface area contributed by atoms with Crippen molar-refractivity contribution >= 4 is 5.97 Å². The van der Waals surface area contributed by atoms with Crippen molar-refractivity contribution in [1.82, 2.24) is 0 Å². The highest BCUT2D eigenvalue weighted by Crippen LogP contribution is 2.55. The van der Waals surface area contributed by atoms with Crippen LogP contribution < -0.4 is 0 Å². The number of carbonyl (C=O) groups is 1. The Morgan fingerprint density at radius 2 is 1.72 bits per heavy atom. The first kappa shape index (κ1) is 37.4. The minimum absolute atomic E-state index is 0.167. The van der Waals surface area contributed by atoms with E-state index in [1.54, 1.807) is 6.92 Å². The van der Waals surface area contributed by atoms with Crippen molar-refractivity contribution in [2.24, 2.45) is 35.5 Å². The van der Waals surface area contributed by atoms with E-state index in [-0.39, 0.29) is 54.0 Å². The number of methoxy groups -OCH3 is 1. The fourth-order valence-corrected chi connectivity index (χ4v) is 9.96. The lowest BCUT2D eigenvalue weighted by Crippen LogP contribution is -2.57. The standard InChI is InChI=1S/C36H62O11/c1-10-34(13-14-35(47-34)17-25(38)22(5)30(45-35)23(6)29(42-9)24(7)32(39)40)27-11-12-33(8,44-27)31-20(3)16-26(43-31)28-19(2)15-21(4)36(41,18-37)46-28/h19-31,37-38,41H,10-18H2,1-9H3,(H,39,40). The van der Waals surface area contributed by atoms with E-state index in [0.717, 1.165) is 38.5 Å². The van der Waals surface area contributed by atoms with Crippen LogP contribution in [0.4, 0.5) is 0 Å². The molecule has 1 spiro atoms. The number of aliphatic carboxylic acids is 1. The molecule has 4 N–H and O–H groups in total. The van der Waals surface area contributed by atoms with Gasteiger partial charge in [0.1, 0.15) is 0 Å². The third-order valence-electron chi connectivity index (χ3n) is 13.0. The second-order valence-electron chi connectivity index (χ2n) is 16.3. The SMILES string of the molecule is CCC1(C2CCC(C)(C3OC(C4OC(O)(CO)C(C)CC4C)CC3C)O2)CCC2(CC(O)C(C)C(C(C)C(OC)C(C)C(=O)O)O2)O1. The topological polar surface area (TPSA) is 153 Å². The zero-order chi connectivity index (χ0) is 34.7. The van der Waals surface area contributed by atoms with Gasteiger partial charge in [-0.2, -0.15) is 0 Å². The van der Waals surface area contributed by atoms with Gasteiger partial charge in [-0.3, -0.25) is 4.79 Å². The van der Waals surface area contributed by atoms with E-state index < -0.39 is 59.6 Å². The van der Waals surface area contributed by atoms with Crippen LogP contribution in [0.1, 0.15) is 107 Å². The molecule has 0 aromatic rings. The Bertz CT molecular complexity index is 1110. The molecule has 5 saturated heterocycles. The lowest BCUT2D eigenvalue weighted by atomic mass is 9.78. The summed E-state index contributed by atoms with van der Waals surface area (Å²) in [6, 6.07) is 0. The van der Waals surface area contributed by atoms with Crippen LogP contribution >= 0.6 is 0 Å². The van der Waals surface area contributed by atoms with Crippen LogP contribution in [0, 0.1) is 35.5 Å². The highest BCUT2D eigenvalue weighted by Gasteiger charge is 2.62. The quantitative estimate of drug-likeness (QED) is 0.264. The molecule has 11 heteroatoms. The highest BCUT2D eigenvalue weighted by atomic mass is 16.7. The normalized spacial score (nSPS) is 50.9. The van der Waals surface area contributed by atoms with E-state index >= 15 is 0 Å². The van der Waals surface area contributed by atoms with Crippen molar-refractivity contribution < 1.29 is 53.6 Å². The summed E-state index contributed by atoms with van der Waals surface area (Å²) in [6.07, 6.45) is 2.94. The molecule has 0 amide bonds. The molecule has 0 aliphatic carbocycles. The highest BCUT2D eigenvalue weighted by molar-refractivity contribution is 5.70. The van der Waals surface area contributed by atoms with Crippen LogP contribution in [0.25, 0.3) is 0 Å². The van der Waals surface area contributed by atoms with Crippen molar-refractivity contribution in [2.75, 3.05) is 13.7 Å². The number of hydrogen-bond acceptors (Lipinski definition) is 10. The minimum Gasteiger partial charge on any atom is -0.481 e. The van der Waals surface area contributed by atoms with Crippen LogP contribution in [-0.4, -0.2) is 106 Å². The van der Waals surface area contributed by atoms with Crippen molar-refractivity contribution in [3.05, 3.63) is 0 Å². The Balaban J connectivity index is 1.29. The van der Waals surface area contributed by atoms with Crippen LogP contribution in [0.3, 0.4) is 0 Å². The fraction of sp³-hybridized carbons (Fsp3) is 0.972. The van der Waals surface area contributed by atoms with Gasteiger partial charge in [-0.15, -0.1) is 0 Å². The van der Waals surface area contributed by atoms with E-state index in [1.807, 2.05) is 20.8 Å². The predicted molar refractivity (Wildman–Crippen MR) is 172 cm³/mol. The van der Waals surface area contributed by atoms with Gasteiger partial charge in [0.15, 0.2) is 11.6 Å². The Labute approximate surface area is 281 Å². The molecular weight excluding hydrogens is 608 g/mol. The average molecular weight is 671 g/mol. The van der Waals surface area contributed by atoms with E-state index in [0.29, 0.717) is 12.8 Å². The Morgan fingerprint density at radius 3 is 2.34 bits per heavy atom. The molecule has 5 fully saturated rings. The minimum atomic E-state index is -1.56. The molecule has 11 nitrogen and oxygen atoms in total. The zero-order valence-electron chi connectivity index (χ0n) is 30.0. The first-order valence-corrected chi connectivity index (χ1v) is 18.1. The van der Waals surface area contributed by atoms with Gasteiger partial charge in [0.05, 0.1) is 66.5 Å². The number of carboxylic acids is 1. The van der Waals surface area contributed by atoms with E-state index in [1.165, 1.54) is 7.11 Å². The maximum Gasteiger partial charge on any atom is 0.308 e. The molecule has 17 unspecified atom stereocenters. The molecule has 5 aliphatic rings. The van der Waals surface area contributed by atoms with Gasteiger partial charge in [-0.25, -0.2) is 0 Å². The fourth-order valence-electron chi connectivity index (χ4n) is 9.96. The molecule has 0 radical (unpaired) electrons. The van der Waals surface area contributed by atoms with E-state index in [2.05, 4.69) is 27.7 Å². The van der Waals surface area contributed by atoms with Crippen molar-refractivity contribution in [1.29, 1.82) is 0 Å². The van der Waals surface area contributed by atoms with Gasteiger partial charge in [0, 0.05) is 37.7 Å². The maximum absolute atomic E-state index is 11.8. The van der Waals surface area contributed by atoms with Crippen molar-refractivity contribution in [3.8, 4) is 0 Å². The second-order valence-corrected chi connectivity index (χ2v) is 16.3. The van der Waals surface area contributed by atoms with Gasteiger partial charge in [-0.1, -0.05) is 41.5 Å². The third kappa shape index (κ3) is 6.67. The number of aliphatic hydroxyl groups is 3. The molecular formula is C36H62O11. The summed E-state index contributed by atoms with van der Waals surface area (Å²) >= 11 is 0. The Hall–Kier alpha value is -0.890. The molecule has 0 saturated carbocycles. The van der Waals surface area contributed by atoms with Gasteiger partial charge in [0.25, 0.3) is 0 Å². The summed E-state index contributed by atoms with van der Waals surface area (Å²) in [7, 11) is 1.53.